The summed E-state index contributed by atoms with van der Waals surface area (Å²) in [7, 11) is -1.23. The first-order valence-electron chi connectivity index (χ1n) is 4.28. The molecule has 1 unspecified atom stereocenters. The fourth-order valence-electron chi connectivity index (χ4n) is 0.706. The molecule has 0 amide bonds. The van der Waals surface area contributed by atoms with E-state index in [1.807, 2.05) is 13.8 Å². The second-order valence-corrected chi connectivity index (χ2v) is 5.84. The SMILES string of the molecule is COP(OC)OCC(C)(C)CO[PH](=O)O. The Labute approximate surface area is 91.8 Å². The molecule has 0 radical (unpaired) electrons. The predicted molar refractivity (Wildman–Crippen MR) is 57.8 cm³/mol. The Kier molecular flexibility index (Phi) is 7.92. The summed E-state index contributed by atoms with van der Waals surface area (Å²) in [6.07, 6.45) is 0. The van der Waals surface area contributed by atoms with E-state index in [1.165, 1.54) is 14.2 Å². The summed E-state index contributed by atoms with van der Waals surface area (Å²) in [6, 6.07) is 0. The van der Waals surface area contributed by atoms with Gasteiger partial charge >= 0.3 is 16.9 Å². The molecule has 0 fully saturated rings. The third-order valence-electron chi connectivity index (χ3n) is 1.45. The van der Waals surface area contributed by atoms with Crippen LogP contribution in [0.5, 0.6) is 0 Å². The molecule has 0 saturated heterocycles. The van der Waals surface area contributed by atoms with Crippen molar-refractivity contribution < 1.29 is 27.6 Å². The van der Waals surface area contributed by atoms with Crippen LogP contribution in [-0.4, -0.2) is 32.3 Å². The first-order valence-corrected chi connectivity index (χ1v) is 6.64. The Morgan fingerprint density at radius 3 is 2.20 bits per heavy atom. The van der Waals surface area contributed by atoms with Crippen LogP contribution in [0.1, 0.15) is 13.8 Å². The topological polar surface area (TPSA) is 74.2 Å². The Morgan fingerprint density at radius 2 is 1.80 bits per heavy atom. The third kappa shape index (κ3) is 8.29. The maximum absolute atomic E-state index is 10.4. The molecule has 0 aromatic rings. The van der Waals surface area contributed by atoms with Crippen LogP contribution in [-0.2, 0) is 22.7 Å². The van der Waals surface area contributed by atoms with Gasteiger partial charge in [-0.25, -0.2) is 0 Å². The number of hydrogen-bond donors (Lipinski definition) is 1. The van der Waals surface area contributed by atoms with E-state index < -0.39 is 16.9 Å². The minimum atomic E-state index is -2.88. The predicted octanol–water partition coefficient (Wildman–Crippen LogP) is 1.95. The van der Waals surface area contributed by atoms with Gasteiger partial charge in [0.1, 0.15) is 0 Å². The molecule has 1 N–H and O–H groups in total. The van der Waals surface area contributed by atoms with E-state index in [2.05, 4.69) is 4.52 Å². The van der Waals surface area contributed by atoms with Gasteiger partial charge in [0.05, 0.1) is 13.2 Å². The van der Waals surface area contributed by atoms with Crippen LogP contribution in [0.4, 0.5) is 0 Å². The van der Waals surface area contributed by atoms with E-state index >= 15 is 0 Å². The van der Waals surface area contributed by atoms with E-state index in [-0.39, 0.29) is 12.0 Å². The second kappa shape index (κ2) is 7.69. The van der Waals surface area contributed by atoms with Crippen molar-refractivity contribution in [2.24, 2.45) is 5.41 Å². The summed E-state index contributed by atoms with van der Waals surface area (Å²) in [4.78, 5) is 8.52. The highest BCUT2D eigenvalue weighted by Crippen LogP contribution is 2.39. The zero-order chi connectivity index (χ0) is 11.9. The summed E-state index contributed by atoms with van der Waals surface area (Å²) in [6.45, 7) is 4.20. The highest BCUT2D eigenvalue weighted by Gasteiger charge is 2.22. The zero-order valence-electron chi connectivity index (χ0n) is 9.35. The van der Waals surface area contributed by atoms with Crippen LogP contribution in [0.15, 0.2) is 0 Å². The van der Waals surface area contributed by atoms with Gasteiger partial charge in [-0.3, -0.25) is 4.57 Å². The summed E-state index contributed by atoms with van der Waals surface area (Å²) < 4.78 is 30.1. The molecule has 0 aliphatic carbocycles. The molecule has 0 saturated carbocycles. The van der Waals surface area contributed by atoms with E-state index in [9.17, 15) is 4.57 Å². The Bertz CT molecular complexity index is 194. The Morgan fingerprint density at radius 1 is 1.27 bits per heavy atom. The molecular weight excluding hydrogens is 242 g/mol. The molecule has 0 bridgehead atoms. The van der Waals surface area contributed by atoms with Crippen molar-refractivity contribution in [1.29, 1.82) is 0 Å². The largest absolute Gasteiger partial charge is 0.332 e. The standard InChI is InChI=1S/C7H18O6P2/c1-7(2,5-12-14(8)9)6-13-15(10-3)11-4/h14H,5-6H2,1-4H3,(H,8,9). The van der Waals surface area contributed by atoms with Gasteiger partial charge in [-0.05, 0) is 0 Å². The smallest absolute Gasteiger partial charge is 0.326 e. The Balaban J connectivity index is 3.86. The van der Waals surface area contributed by atoms with Crippen molar-refractivity contribution >= 4 is 16.9 Å². The van der Waals surface area contributed by atoms with Crippen LogP contribution in [0.25, 0.3) is 0 Å². The van der Waals surface area contributed by atoms with E-state index in [0.29, 0.717) is 6.61 Å². The van der Waals surface area contributed by atoms with E-state index in [1.54, 1.807) is 0 Å². The lowest BCUT2D eigenvalue weighted by Crippen LogP contribution is -2.23. The molecule has 0 spiro atoms. The molecule has 0 aliphatic rings. The number of rotatable bonds is 8. The van der Waals surface area contributed by atoms with Gasteiger partial charge in [-0.15, -0.1) is 0 Å². The summed E-state index contributed by atoms with van der Waals surface area (Å²) >= 11 is 0. The normalized spacial score (nSPS) is 14.5. The van der Waals surface area contributed by atoms with Crippen molar-refractivity contribution in [2.75, 3.05) is 27.4 Å². The fourth-order valence-corrected chi connectivity index (χ4v) is 2.04. The fraction of sp³-hybridized carbons (Fsp3) is 1.00. The molecule has 1 atom stereocenters. The van der Waals surface area contributed by atoms with Gasteiger partial charge < -0.3 is 23.0 Å². The molecule has 15 heavy (non-hydrogen) atoms. The third-order valence-corrected chi connectivity index (χ3v) is 2.77. The summed E-state index contributed by atoms with van der Waals surface area (Å²) in [5, 5.41) is 0. The van der Waals surface area contributed by atoms with Gasteiger partial charge in [0, 0.05) is 19.6 Å². The van der Waals surface area contributed by atoms with Crippen LogP contribution >= 0.6 is 16.9 Å². The minimum Gasteiger partial charge on any atom is -0.326 e. The van der Waals surface area contributed by atoms with Crippen LogP contribution in [0, 0.1) is 5.41 Å². The molecule has 0 aromatic heterocycles. The van der Waals surface area contributed by atoms with Crippen molar-refractivity contribution in [3.63, 3.8) is 0 Å². The minimum absolute atomic E-state index is 0.151. The highest BCUT2D eigenvalue weighted by molar-refractivity contribution is 7.41. The van der Waals surface area contributed by atoms with Gasteiger partial charge in [0.15, 0.2) is 0 Å². The lowest BCUT2D eigenvalue weighted by molar-refractivity contribution is 0.0914. The molecular formula is C7H18O6P2. The van der Waals surface area contributed by atoms with Crippen molar-refractivity contribution in [3.05, 3.63) is 0 Å². The first-order chi connectivity index (χ1) is 6.91. The molecule has 6 nitrogen and oxygen atoms in total. The summed E-state index contributed by atoms with van der Waals surface area (Å²) in [5.74, 6) is 0. The van der Waals surface area contributed by atoms with Crippen molar-refractivity contribution in [2.45, 2.75) is 13.8 Å². The quantitative estimate of drug-likeness (QED) is 0.672. The van der Waals surface area contributed by atoms with Gasteiger partial charge in [-0.2, -0.15) is 0 Å². The highest BCUT2D eigenvalue weighted by atomic mass is 31.2. The van der Waals surface area contributed by atoms with Crippen LogP contribution < -0.4 is 0 Å². The average Bonchev–Trinajstić information content (AvgIpc) is 2.17. The second-order valence-electron chi connectivity index (χ2n) is 3.58. The molecule has 0 aromatic carbocycles. The monoisotopic (exact) mass is 260 g/mol. The van der Waals surface area contributed by atoms with Gasteiger partial charge in [-0.1, -0.05) is 13.8 Å². The van der Waals surface area contributed by atoms with Gasteiger partial charge in [0.25, 0.3) is 0 Å². The lowest BCUT2D eigenvalue weighted by Gasteiger charge is -2.24. The van der Waals surface area contributed by atoms with E-state index in [4.69, 9.17) is 18.5 Å². The summed E-state index contributed by atoms with van der Waals surface area (Å²) in [5.41, 5.74) is -0.360. The average molecular weight is 260 g/mol. The number of hydrogen-bond acceptors (Lipinski definition) is 5. The van der Waals surface area contributed by atoms with Crippen LogP contribution in [0.2, 0.25) is 0 Å². The molecule has 8 heteroatoms. The molecule has 0 aliphatic heterocycles. The van der Waals surface area contributed by atoms with Crippen molar-refractivity contribution in [3.8, 4) is 0 Å². The molecule has 0 heterocycles. The molecule has 0 rings (SSSR count). The maximum atomic E-state index is 10.4. The van der Waals surface area contributed by atoms with E-state index in [0.717, 1.165) is 0 Å². The zero-order valence-corrected chi connectivity index (χ0v) is 11.2. The van der Waals surface area contributed by atoms with Crippen LogP contribution in [0.3, 0.4) is 0 Å². The Hall–Kier alpha value is 0.460. The lowest BCUT2D eigenvalue weighted by atomic mass is 9.97. The first kappa shape index (κ1) is 15.5. The van der Waals surface area contributed by atoms with Crippen molar-refractivity contribution in [1.82, 2.24) is 0 Å². The maximum Gasteiger partial charge on any atom is 0.332 e. The molecule has 92 valence electrons. The van der Waals surface area contributed by atoms with Gasteiger partial charge in [0.2, 0.25) is 0 Å².